The van der Waals surface area contributed by atoms with Crippen LogP contribution in [0, 0.1) is 0 Å². The first-order chi connectivity index (χ1) is 9.72. The van der Waals surface area contributed by atoms with Gasteiger partial charge in [0, 0.05) is 26.3 Å². The van der Waals surface area contributed by atoms with Crippen LogP contribution in [0.1, 0.15) is 30.0 Å². The Kier molecular flexibility index (Phi) is 5.38. The zero-order valence-corrected chi connectivity index (χ0v) is 11.9. The molecule has 0 spiro atoms. The Labute approximate surface area is 119 Å². The molecular formula is C15H22N2O3. The molecule has 0 aliphatic heterocycles. The largest absolute Gasteiger partial charge is 0.483 e. The molecule has 1 aliphatic rings. The third-order valence-electron chi connectivity index (χ3n) is 3.48. The number of ether oxygens (including phenoxy) is 2. The Morgan fingerprint density at radius 2 is 2.35 bits per heavy atom. The summed E-state index contributed by atoms with van der Waals surface area (Å²) in [6, 6.07) is 5.95. The predicted octanol–water partition coefficient (Wildman–Crippen LogP) is 1.16. The number of methoxy groups -OCH3 is 1. The lowest BCUT2D eigenvalue weighted by Crippen LogP contribution is -2.30. The van der Waals surface area contributed by atoms with Crippen molar-refractivity contribution in [2.75, 3.05) is 26.9 Å². The first-order valence-electron chi connectivity index (χ1n) is 6.98. The second kappa shape index (κ2) is 7.26. The first kappa shape index (κ1) is 14.8. The van der Waals surface area contributed by atoms with Crippen molar-refractivity contribution in [3.8, 4) is 5.75 Å². The van der Waals surface area contributed by atoms with Crippen molar-refractivity contribution in [1.29, 1.82) is 0 Å². The van der Waals surface area contributed by atoms with E-state index in [4.69, 9.17) is 15.2 Å². The van der Waals surface area contributed by atoms with Crippen molar-refractivity contribution >= 4 is 5.91 Å². The van der Waals surface area contributed by atoms with Gasteiger partial charge in [-0.1, -0.05) is 12.1 Å². The standard InChI is InChI=1S/C15H22N2O3/c1-19-9-3-8-17-15(18)10-20-14-5-2-4-11-12(14)6-7-13(11)16/h2,4-5,13H,3,6-10,16H2,1H3,(H,17,18). The summed E-state index contributed by atoms with van der Waals surface area (Å²) >= 11 is 0. The van der Waals surface area contributed by atoms with Gasteiger partial charge in [-0.15, -0.1) is 0 Å². The van der Waals surface area contributed by atoms with Gasteiger partial charge in [0.2, 0.25) is 0 Å². The Bertz CT molecular complexity index is 462. The fourth-order valence-corrected chi connectivity index (χ4v) is 2.43. The minimum absolute atomic E-state index is 0.0404. The normalized spacial score (nSPS) is 16.8. The van der Waals surface area contributed by atoms with Crippen LogP contribution in [0.25, 0.3) is 0 Å². The molecule has 110 valence electrons. The van der Waals surface area contributed by atoms with Gasteiger partial charge in [0.05, 0.1) is 0 Å². The maximum atomic E-state index is 11.6. The van der Waals surface area contributed by atoms with E-state index in [0.29, 0.717) is 13.2 Å². The topological polar surface area (TPSA) is 73.6 Å². The van der Waals surface area contributed by atoms with Crippen LogP contribution in [-0.2, 0) is 16.0 Å². The average Bonchev–Trinajstić information content (AvgIpc) is 2.84. The van der Waals surface area contributed by atoms with Gasteiger partial charge in [-0.2, -0.15) is 0 Å². The molecule has 5 heteroatoms. The molecule has 5 nitrogen and oxygen atoms in total. The first-order valence-corrected chi connectivity index (χ1v) is 6.98. The lowest BCUT2D eigenvalue weighted by atomic mass is 10.1. The monoisotopic (exact) mass is 278 g/mol. The number of hydrogen-bond acceptors (Lipinski definition) is 4. The van der Waals surface area contributed by atoms with Gasteiger partial charge in [-0.25, -0.2) is 0 Å². The van der Waals surface area contributed by atoms with Crippen molar-refractivity contribution in [1.82, 2.24) is 5.32 Å². The molecule has 1 aliphatic carbocycles. The number of carbonyl (C=O) groups excluding carboxylic acids is 1. The van der Waals surface area contributed by atoms with Crippen LogP contribution in [-0.4, -0.2) is 32.8 Å². The average molecular weight is 278 g/mol. The number of nitrogens with one attached hydrogen (secondary N) is 1. The SMILES string of the molecule is COCCCNC(=O)COc1cccc2c1CCC2N. The van der Waals surface area contributed by atoms with Gasteiger partial charge in [-0.05, 0) is 36.5 Å². The highest BCUT2D eigenvalue weighted by Gasteiger charge is 2.22. The van der Waals surface area contributed by atoms with Gasteiger partial charge in [0.25, 0.3) is 5.91 Å². The fraction of sp³-hybridized carbons (Fsp3) is 0.533. The number of benzene rings is 1. The number of amides is 1. The predicted molar refractivity (Wildman–Crippen MR) is 76.7 cm³/mol. The molecule has 0 radical (unpaired) electrons. The van der Waals surface area contributed by atoms with E-state index in [9.17, 15) is 4.79 Å². The number of carbonyl (C=O) groups is 1. The molecule has 20 heavy (non-hydrogen) atoms. The maximum absolute atomic E-state index is 11.6. The molecule has 1 atom stereocenters. The molecule has 1 amide bonds. The summed E-state index contributed by atoms with van der Waals surface area (Å²) in [6.07, 6.45) is 2.67. The summed E-state index contributed by atoms with van der Waals surface area (Å²) in [5.74, 6) is 0.670. The van der Waals surface area contributed by atoms with Gasteiger partial charge >= 0.3 is 0 Å². The highest BCUT2D eigenvalue weighted by molar-refractivity contribution is 5.77. The van der Waals surface area contributed by atoms with E-state index >= 15 is 0 Å². The third-order valence-corrected chi connectivity index (χ3v) is 3.48. The quantitative estimate of drug-likeness (QED) is 0.734. The highest BCUT2D eigenvalue weighted by atomic mass is 16.5. The lowest BCUT2D eigenvalue weighted by molar-refractivity contribution is -0.123. The van der Waals surface area contributed by atoms with E-state index in [1.54, 1.807) is 7.11 Å². The molecule has 1 unspecified atom stereocenters. The van der Waals surface area contributed by atoms with E-state index < -0.39 is 0 Å². The second-order valence-electron chi connectivity index (χ2n) is 4.95. The van der Waals surface area contributed by atoms with Crippen molar-refractivity contribution in [2.24, 2.45) is 5.73 Å². The molecule has 2 rings (SSSR count). The van der Waals surface area contributed by atoms with Crippen LogP contribution in [0.2, 0.25) is 0 Å². The third kappa shape index (κ3) is 3.71. The molecular weight excluding hydrogens is 256 g/mol. The van der Waals surface area contributed by atoms with E-state index in [1.807, 2.05) is 18.2 Å². The minimum atomic E-state index is -0.110. The molecule has 3 N–H and O–H groups in total. The number of rotatable bonds is 7. The Morgan fingerprint density at radius 1 is 1.50 bits per heavy atom. The summed E-state index contributed by atoms with van der Waals surface area (Å²) in [7, 11) is 1.64. The molecule has 0 aromatic heterocycles. The highest BCUT2D eigenvalue weighted by Crippen LogP contribution is 2.35. The van der Waals surface area contributed by atoms with Gasteiger partial charge in [0.1, 0.15) is 5.75 Å². The Balaban J connectivity index is 1.81. The van der Waals surface area contributed by atoms with Crippen molar-refractivity contribution < 1.29 is 14.3 Å². The van der Waals surface area contributed by atoms with E-state index in [2.05, 4.69) is 5.32 Å². The Morgan fingerprint density at radius 3 is 3.15 bits per heavy atom. The molecule has 1 aromatic rings. The Hall–Kier alpha value is -1.59. The number of fused-ring (bicyclic) bond motifs is 1. The summed E-state index contributed by atoms with van der Waals surface area (Å²) in [5, 5.41) is 2.80. The van der Waals surface area contributed by atoms with Crippen molar-refractivity contribution in [3.05, 3.63) is 29.3 Å². The van der Waals surface area contributed by atoms with E-state index in [0.717, 1.165) is 36.1 Å². The molecule has 0 saturated carbocycles. The van der Waals surface area contributed by atoms with Crippen molar-refractivity contribution in [3.63, 3.8) is 0 Å². The summed E-state index contributed by atoms with van der Waals surface area (Å²) in [4.78, 5) is 11.6. The maximum Gasteiger partial charge on any atom is 0.257 e. The van der Waals surface area contributed by atoms with Crippen LogP contribution >= 0.6 is 0 Å². The van der Waals surface area contributed by atoms with E-state index in [-0.39, 0.29) is 18.6 Å². The lowest BCUT2D eigenvalue weighted by Gasteiger charge is -2.11. The second-order valence-corrected chi connectivity index (χ2v) is 4.95. The number of hydrogen-bond donors (Lipinski definition) is 2. The zero-order chi connectivity index (χ0) is 14.4. The van der Waals surface area contributed by atoms with Crippen LogP contribution in [0.15, 0.2) is 18.2 Å². The van der Waals surface area contributed by atoms with Crippen molar-refractivity contribution in [2.45, 2.75) is 25.3 Å². The minimum Gasteiger partial charge on any atom is -0.483 e. The molecule has 0 bridgehead atoms. The summed E-state index contributed by atoms with van der Waals surface area (Å²) in [5.41, 5.74) is 8.31. The zero-order valence-electron chi connectivity index (χ0n) is 11.9. The van der Waals surface area contributed by atoms with Gasteiger partial charge in [-0.3, -0.25) is 4.79 Å². The van der Waals surface area contributed by atoms with Gasteiger partial charge in [0.15, 0.2) is 6.61 Å². The molecule has 0 fully saturated rings. The summed E-state index contributed by atoms with van der Waals surface area (Å²) < 4.78 is 10.5. The smallest absolute Gasteiger partial charge is 0.257 e. The van der Waals surface area contributed by atoms with Crippen LogP contribution < -0.4 is 15.8 Å². The molecule has 1 aromatic carbocycles. The van der Waals surface area contributed by atoms with E-state index in [1.165, 1.54) is 0 Å². The summed E-state index contributed by atoms with van der Waals surface area (Å²) in [6.45, 7) is 1.29. The molecule has 0 heterocycles. The van der Waals surface area contributed by atoms with Gasteiger partial charge < -0.3 is 20.5 Å². The molecule has 0 saturated heterocycles. The van der Waals surface area contributed by atoms with Crippen LogP contribution in [0.4, 0.5) is 0 Å². The van der Waals surface area contributed by atoms with Crippen LogP contribution in [0.3, 0.4) is 0 Å². The fourth-order valence-electron chi connectivity index (χ4n) is 2.43. The number of nitrogens with two attached hydrogens (primary N) is 1. The van der Waals surface area contributed by atoms with Crippen LogP contribution in [0.5, 0.6) is 5.75 Å².